The van der Waals surface area contributed by atoms with Gasteiger partial charge >= 0.3 is 0 Å². The third kappa shape index (κ3) is 2.36. The quantitative estimate of drug-likeness (QED) is 0.762. The summed E-state index contributed by atoms with van der Waals surface area (Å²) in [6.45, 7) is 4.86. The molecule has 0 heterocycles. The van der Waals surface area contributed by atoms with Crippen molar-refractivity contribution < 1.29 is 14.6 Å². The van der Waals surface area contributed by atoms with Gasteiger partial charge in [-0.25, -0.2) is 0 Å². The molecule has 0 saturated heterocycles. The highest BCUT2D eigenvalue weighted by Gasteiger charge is 2.62. The molecule has 4 rings (SSSR count). The zero-order valence-corrected chi connectivity index (χ0v) is 16.9. The molecule has 0 aromatic carbocycles. The Balaban J connectivity index is 1.72. The summed E-state index contributed by atoms with van der Waals surface area (Å²) in [7, 11) is 1.64. The first-order valence-electron chi connectivity index (χ1n) is 10.1. The number of carbonyl (C=O) groups is 1. The van der Waals surface area contributed by atoms with Gasteiger partial charge < -0.3 is 9.84 Å². The standard InChI is InChI=1S/C22H31ClO3/c1-20-10-8-15(24)12-14(20)4-5-16-17(20)9-11-21(2)18(16)6-7-19(23)22(21,25)13-26-3/h7,12,16-18,25H,4-6,8-11,13H2,1-3H3/t16-,17+,18+,20+,21+,22+/m1/s1. The van der Waals surface area contributed by atoms with E-state index in [-0.39, 0.29) is 17.4 Å². The molecule has 26 heavy (non-hydrogen) atoms. The topological polar surface area (TPSA) is 46.5 Å². The lowest BCUT2D eigenvalue weighted by Gasteiger charge is -2.63. The van der Waals surface area contributed by atoms with E-state index in [1.54, 1.807) is 7.11 Å². The van der Waals surface area contributed by atoms with Crippen molar-refractivity contribution in [1.82, 2.24) is 0 Å². The second-order valence-corrected chi connectivity index (χ2v) is 9.91. The fraction of sp³-hybridized carbons (Fsp3) is 0.773. The Hall–Kier alpha value is -0.640. The predicted octanol–water partition coefficient (Wildman–Crippen LogP) is 4.63. The van der Waals surface area contributed by atoms with Crippen LogP contribution in [0.25, 0.3) is 0 Å². The first-order chi connectivity index (χ1) is 12.3. The molecule has 2 fully saturated rings. The van der Waals surface area contributed by atoms with Crippen LogP contribution in [0.15, 0.2) is 22.8 Å². The minimum absolute atomic E-state index is 0.155. The number of rotatable bonds is 2. The summed E-state index contributed by atoms with van der Waals surface area (Å²) in [5.41, 5.74) is 0.201. The molecular formula is C22H31ClO3. The number of carbonyl (C=O) groups excluding carboxylic acids is 1. The van der Waals surface area contributed by atoms with Crippen LogP contribution in [0.4, 0.5) is 0 Å². The number of ketones is 1. The van der Waals surface area contributed by atoms with E-state index in [1.807, 2.05) is 12.2 Å². The highest BCUT2D eigenvalue weighted by Crippen LogP contribution is 2.66. The van der Waals surface area contributed by atoms with Gasteiger partial charge in [0.15, 0.2) is 5.78 Å². The Morgan fingerprint density at radius 3 is 2.73 bits per heavy atom. The zero-order chi connectivity index (χ0) is 18.7. The molecule has 0 bridgehead atoms. The predicted molar refractivity (Wildman–Crippen MR) is 103 cm³/mol. The SMILES string of the molecule is COC[C@]1(O)C(Cl)=CC[C@H]2[C@@H]3CCC4=CC(=O)CC[C@]4(C)[C@H]3CC[C@@]21C. The molecule has 1 N–H and O–H groups in total. The van der Waals surface area contributed by atoms with Gasteiger partial charge in [0.2, 0.25) is 0 Å². The number of hydrogen-bond donors (Lipinski definition) is 1. The van der Waals surface area contributed by atoms with Crippen LogP contribution < -0.4 is 0 Å². The number of hydrogen-bond acceptors (Lipinski definition) is 3. The molecule has 0 radical (unpaired) electrons. The van der Waals surface area contributed by atoms with Crippen molar-refractivity contribution in [3.8, 4) is 0 Å². The van der Waals surface area contributed by atoms with Crippen molar-refractivity contribution in [3.63, 3.8) is 0 Å². The van der Waals surface area contributed by atoms with Gasteiger partial charge in [0.05, 0.1) is 6.61 Å². The number of allylic oxidation sites excluding steroid dienone is 3. The van der Waals surface area contributed by atoms with Crippen LogP contribution in [0.3, 0.4) is 0 Å². The Morgan fingerprint density at radius 1 is 1.23 bits per heavy atom. The number of ether oxygens (including phenoxy) is 1. The van der Waals surface area contributed by atoms with Crippen LogP contribution in [0.1, 0.15) is 58.8 Å². The van der Waals surface area contributed by atoms with E-state index in [1.165, 1.54) is 5.57 Å². The maximum Gasteiger partial charge on any atom is 0.155 e. The molecule has 4 aliphatic carbocycles. The van der Waals surface area contributed by atoms with Gasteiger partial charge in [-0.05, 0) is 67.8 Å². The molecule has 4 aliphatic rings. The van der Waals surface area contributed by atoms with Gasteiger partial charge in [0.1, 0.15) is 5.60 Å². The van der Waals surface area contributed by atoms with Crippen LogP contribution in [0.2, 0.25) is 0 Å². The second-order valence-electron chi connectivity index (χ2n) is 9.51. The van der Waals surface area contributed by atoms with Gasteiger partial charge in [0.25, 0.3) is 0 Å². The molecule has 0 unspecified atom stereocenters. The highest BCUT2D eigenvalue weighted by atomic mass is 35.5. The molecular weight excluding hydrogens is 348 g/mol. The first-order valence-corrected chi connectivity index (χ1v) is 10.5. The van der Waals surface area contributed by atoms with E-state index >= 15 is 0 Å². The molecule has 0 aromatic rings. The van der Waals surface area contributed by atoms with Gasteiger partial charge in [-0.1, -0.05) is 37.1 Å². The Morgan fingerprint density at radius 2 is 2.00 bits per heavy atom. The van der Waals surface area contributed by atoms with Gasteiger partial charge in [-0.2, -0.15) is 0 Å². The summed E-state index contributed by atoms with van der Waals surface area (Å²) in [5, 5.41) is 12.1. The average molecular weight is 379 g/mol. The molecule has 6 atom stereocenters. The molecule has 144 valence electrons. The molecule has 4 heteroatoms. The van der Waals surface area contributed by atoms with Crippen molar-refractivity contribution in [1.29, 1.82) is 0 Å². The summed E-state index contributed by atoms with van der Waals surface area (Å²) >= 11 is 6.53. The fourth-order valence-electron chi connectivity index (χ4n) is 6.94. The smallest absolute Gasteiger partial charge is 0.155 e. The summed E-state index contributed by atoms with van der Waals surface area (Å²) in [6, 6.07) is 0. The van der Waals surface area contributed by atoms with Crippen LogP contribution in [0.5, 0.6) is 0 Å². The van der Waals surface area contributed by atoms with Crippen molar-refractivity contribution in [2.75, 3.05) is 13.7 Å². The summed E-state index contributed by atoms with van der Waals surface area (Å²) in [4.78, 5) is 11.9. The lowest BCUT2D eigenvalue weighted by atomic mass is 9.43. The van der Waals surface area contributed by atoms with E-state index in [0.29, 0.717) is 35.0 Å². The van der Waals surface area contributed by atoms with Crippen LogP contribution in [0, 0.1) is 28.6 Å². The lowest BCUT2D eigenvalue weighted by Crippen LogP contribution is -2.62. The summed E-state index contributed by atoms with van der Waals surface area (Å²) < 4.78 is 5.40. The van der Waals surface area contributed by atoms with Crippen molar-refractivity contribution >= 4 is 17.4 Å². The molecule has 0 amide bonds. The molecule has 0 aromatic heterocycles. The van der Waals surface area contributed by atoms with Crippen molar-refractivity contribution in [2.24, 2.45) is 28.6 Å². The summed E-state index contributed by atoms with van der Waals surface area (Å²) in [5.74, 6) is 1.90. The van der Waals surface area contributed by atoms with Gasteiger partial charge in [-0.15, -0.1) is 0 Å². The number of fused-ring (bicyclic) bond motifs is 5. The van der Waals surface area contributed by atoms with E-state index in [9.17, 15) is 9.90 Å². The Bertz CT molecular complexity index is 683. The van der Waals surface area contributed by atoms with Crippen LogP contribution in [-0.2, 0) is 9.53 Å². The molecule has 3 nitrogen and oxygen atoms in total. The van der Waals surface area contributed by atoms with E-state index in [0.717, 1.165) is 38.5 Å². The number of halogens is 1. The average Bonchev–Trinajstić information content (AvgIpc) is 2.60. The maximum absolute atomic E-state index is 11.9. The maximum atomic E-state index is 11.9. The lowest BCUT2D eigenvalue weighted by molar-refractivity contribution is -0.169. The molecule has 0 aliphatic heterocycles. The number of methoxy groups -OCH3 is 1. The molecule has 2 saturated carbocycles. The first kappa shape index (κ1) is 18.7. The fourth-order valence-corrected chi connectivity index (χ4v) is 7.30. The normalized spacial score (nSPS) is 48.0. The van der Waals surface area contributed by atoms with E-state index in [4.69, 9.17) is 16.3 Å². The number of aliphatic hydroxyl groups is 1. The van der Waals surface area contributed by atoms with Crippen LogP contribution in [-0.4, -0.2) is 30.2 Å². The Labute approximate surface area is 161 Å². The monoisotopic (exact) mass is 378 g/mol. The van der Waals surface area contributed by atoms with E-state index in [2.05, 4.69) is 13.8 Å². The Kier molecular flexibility index (Phi) is 4.45. The largest absolute Gasteiger partial charge is 0.381 e. The van der Waals surface area contributed by atoms with Crippen molar-refractivity contribution in [3.05, 3.63) is 22.8 Å². The highest BCUT2D eigenvalue weighted by molar-refractivity contribution is 6.30. The van der Waals surface area contributed by atoms with E-state index < -0.39 is 5.60 Å². The molecule has 0 spiro atoms. The third-order valence-corrected chi connectivity index (χ3v) is 9.06. The van der Waals surface area contributed by atoms with Gasteiger partial charge in [0, 0.05) is 24.0 Å². The van der Waals surface area contributed by atoms with Crippen molar-refractivity contribution in [2.45, 2.75) is 64.4 Å². The third-order valence-electron chi connectivity index (χ3n) is 8.60. The van der Waals surface area contributed by atoms with Gasteiger partial charge in [-0.3, -0.25) is 4.79 Å². The minimum atomic E-state index is -1.09. The minimum Gasteiger partial charge on any atom is -0.381 e. The van der Waals surface area contributed by atoms with Crippen LogP contribution >= 0.6 is 11.6 Å². The second kappa shape index (κ2) is 6.18. The summed E-state index contributed by atoms with van der Waals surface area (Å²) in [6.07, 6.45) is 10.8. The zero-order valence-electron chi connectivity index (χ0n) is 16.2.